The quantitative estimate of drug-likeness (QED) is 0.717. The second-order valence-corrected chi connectivity index (χ2v) is 2.80. The van der Waals surface area contributed by atoms with Gasteiger partial charge in [0.2, 0.25) is 0 Å². The molecule has 0 saturated carbocycles. The number of carbonyl (C=O) groups excluding carboxylic acids is 1. The molecule has 0 radical (unpaired) electrons. The fourth-order valence-electron chi connectivity index (χ4n) is 0.634. The van der Waals surface area contributed by atoms with E-state index in [-0.39, 0.29) is 0 Å². The smallest absolute Gasteiger partial charge is 0.277 e. The van der Waals surface area contributed by atoms with E-state index in [1.54, 1.807) is 12.5 Å². The molecule has 0 unspecified atom stereocenters. The van der Waals surface area contributed by atoms with Crippen LogP contribution in [0, 0.1) is 0 Å². The third kappa shape index (κ3) is 1.99. The third-order valence-electron chi connectivity index (χ3n) is 1.05. The number of nitrogens with two attached hydrogens (primary N) is 1. The average molecular weight is 172 g/mol. The third-order valence-corrected chi connectivity index (χ3v) is 1.96. The van der Waals surface area contributed by atoms with Crippen molar-refractivity contribution < 1.29 is 9.53 Å². The molecule has 1 aromatic heterocycles. The van der Waals surface area contributed by atoms with Gasteiger partial charge in [-0.25, -0.2) is 4.98 Å². The number of thiazole rings is 1. The van der Waals surface area contributed by atoms with Gasteiger partial charge in [-0.2, -0.15) is 0 Å². The van der Waals surface area contributed by atoms with Crippen LogP contribution in [0.2, 0.25) is 0 Å². The molecule has 60 valence electrons. The van der Waals surface area contributed by atoms with Crippen molar-refractivity contribution in [2.45, 2.75) is 6.61 Å². The van der Waals surface area contributed by atoms with Crippen LogP contribution in [-0.4, -0.2) is 18.0 Å². The molecule has 0 aliphatic heterocycles. The van der Waals surface area contributed by atoms with Crippen LogP contribution in [0.3, 0.4) is 0 Å². The van der Waals surface area contributed by atoms with Crippen LogP contribution in [0.1, 0.15) is 15.5 Å². The Morgan fingerprint density at radius 2 is 2.64 bits per heavy atom. The second-order valence-electron chi connectivity index (χ2n) is 1.94. The van der Waals surface area contributed by atoms with Crippen molar-refractivity contribution in [1.29, 1.82) is 0 Å². The monoisotopic (exact) mass is 172 g/mol. The summed E-state index contributed by atoms with van der Waals surface area (Å²) in [5.74, 6) is -0.489. The van der Waals surface area contributed by atoms with E-state index in [1.165, 1.54) is 11.3 Å². The summed E-state index contributed by atoms with van der Waals surface area (Å²) >= 11 is 1.23. The molecule has 0 bridgehead atoms. The van der Waals surface area contributed by atoms with Crippen LogP contribution in [0.5, 0.6) is 0 Å². The number of rotatable bonds is 3. The van der Waals surface area contributed by atoms with Gasteiger partial charge in [0.15, 0.2) is 5.01 Å². The zero-order chi connectivity index (χ0) is 8.27. The van der Waals surface area contributed by atoms with Gasteiger partial charge in [-0.15, -0.1) is 11.3 Å². The maximum Gasteiger partial charge on any atom is 0.277 e. The lowest BCUT2D eigenvalue weighted by Crippen LogP contribution is -2.10. The van der Waals surface area contributed by atoms with Crippen LogP contribution in [0.15, 0.2) is 5.38 Å². The molecule has 0 fully saturated rings. The van der Waals surface area contributed by atoms with E-state index in [1.807, 2.05) is 0 Å². The largest absolute Gasteiger partial charge is 0.378 e. The Hall–Kier alpha value is -0.940. The maximum absolute atomic E-state index is 10.5. The molecule has 0 aromatic carbocycles. The van der Waals surface area contributed by atoms with Crippen molar-refractivity contribution in [3.05, 3.63) is 16.1 Å². The number of carbonyl (C=O) groups is 1. The van der Waals surface area contributed by atoms with E-state index in [4.69, 9.17) is 10.5 Å². The SMILES string of the molecule is COCc1csc(C(N)=O)n1. The van der Waals surface area contributed by atoms with E-state index < -0.39 is 5.91 Å². The Balaban J connectivity index is 2.73. The molecule has 0 spiro atoms. The number of hydrogen-bond donors (Lipinski definition) is 1. The Bertz CT molecular complexity index is 259. The van der Waals surface area contributed by atoms with Gasteiger partial charge in [0, 0.05) is 12.5 Å². The Labute approximate surface area is 68.0 Å². The number of methoxy groups -OCH3 is 1. The van der Waals surface area contributed by atoms with Crippen LogP contribution in [-0.2, 0) is 11.3 Å². The molecule has 4 nitrogen and oxygen atoms in total. The first kappa shape index (κ1) is 8.16. The fourth-order valence-corrected chi connectivity index (χ4v) is 1.29. The zero-order valence-corrected chi connectivity index (χ0v) is 6.85. The lowest BCUT2D eigenvalue weighted by atomic mass is 10.5. The highest BCUT2D eigenvalue weighted by atomic mass is 32.1. The minimum absolute atomic E-state index is 0.331. The van der Waals surface area contributed by atoms with Gasteiger partial charge in [0.05, 0.1) is 12.3 Å². The van der Waals surface area contributed by atoms with E-state index in [2.05, 4.69) is 4.98 Å². The summed E-state index contributed by atoms with van der Waals surface area (Å²) in [5, 5.41) is 2.08. The number of ether oxygens (including phenoxy) is 1. The maximum atomic E-state index is 10.5. The van der Waals surface area contributed by atoms with Crippen molar-refractivity contribution >= 4 is 17.2 Å². The first-order valence-corrected chi connectivity index (χ1v) is 3.85. The summed E-state index contributed by atoms with van der Waals surface area (Å²) in [6, 6.07) is 0. The summed E-state index contributed by atoms with van der Waals surface area (Å²) in [4.78, 5) is 14.5. The van der Waals surface area contributed by atoms with Crippen molar-refractivity contribution in [2.24, 2.45) is 5.73 Å². The standard InChI is InChI=1S/C6H8N2O2S/c1-10-2-4-3-11-6(8-4)5(7)9/h3H,2H2,1H3,(H2,7,9). The highest BCUT2D eigenvalue weighted by Crippen LogP contribution is 2.08. The molecule has 1 aromatic rings. The lowest BCUT2D eigenvalue weighted by Gasteiger charge is -1.89. The lowest BCUT2D eigenvalue weighted by molar-refractivity contribution is 0.0999. The summed E-state index contributed by atoms with van der Waals surface area (Å²) in [6.07, 6.45) is 0. The van der Waals surface area contributed by atoms with E-state index in [0.717, 1.165) is 5.69 Å². The van der Waals surface area contributed by atoms with Gasteiger partial charge in [0.25, 0.3) is 5.91 Å². The van der Waals surface area contributed by atoms with Gasteiger partial charge in [-0.05, 0) is 0 Å². The van der Waals surface area contributed by atoms with Crippen molar-refractivity contribution in [3.63, 3.8) is 0 Å². The van der Waals surface area contributed by atoms with E-state index in [9.17, 15) is 4.79 Å². The first-order chi connectivity index (χ1) is 5.24. The van der Waals surface area contributed by atoms with E-state index in [0.29, 0.717) is 11.6 Å². The molecule has 1 heterocycles. The minimum atomic E-state index is -0.489. The van der Waals surface area contributed by atoms with Gasteiger partial charge in [0.1, 0.15) is 0 Å². The Morgan fingerprint density at radius 1 is 1.91 bits per heavy atom. The van der Waals surface area contributed by atoms with Crippen LogP contribution in [0.25, 0.3) is 0 Å². The number of hydrogen-bond acceptors (Lipinski definition) is 4. The predicted molar refractivity (Wildman–Crippen MR) is 41.3 cm³/mol. The Kier molecular flexibility index (Phi) is 2.56. The molecule has 0 atom stereocenters. The van der Waals surface area contributed by atoms with Gasteiger partial charge >= 0.3 is 0 Å². The summed E-state index contributed by atoms with van der Waals surface area (Å²) < 4.78 is 4.81. The van der Waals surface area contributed by atoms with Gasteiger partial charge < -0.3 is 10.5 Å². The number of nitrogens with zero attached hydrogens (tertiary/aromatic N) is 1. The number of primary amides is 1. The van der Waals surface area contributed by atoms with Crippen LogP contribution >= 0.6 is 11.3 Å². The van der Waals surface area contributed by atoms with E-state index >= 15 is 0 Å². The normalized spacial score (nSPS) is 9.91. The zero-order valence-electron chi connectivity index (χ0n) is 6.03. The van der Waals surface area contributed by atoms with Crippen molar-refractivity contribution in [2.75, 3.05) is 7.11 Å². The summed E-state index contributed by atoms with van der Waals surface area (Å²) in [6.45, 7) is 0.420. The molecule has 5 heteroatoms. The highest BCUT2D eigenvalue weighted by Gasteiger charge is 2.05. The molecular formula is C6H8N2O2S. The molecule has 0 aliphatic rings. The van der Waals surface area contributed by atoms with Crippen LogP contribution < -0.4 is 5.73 Å². The number of amides is 1. The van der Waals surface area contributed by atoms with Gasteiger partial charge in [-0.1, -0.05) is 0 Å². The summed E-state index contributed by atoms with van der Waals surface area (Å²) in [7, 11) is 1.57. The first-order valence-electron chi connectivity index (χ1n) is 2.97. The number of aromatic nitrogens is 1. The predicted octanol–water partition coefficient (Wildman–Crippen LogP) is 0.388. The topological polar surface area (TPSA) is 65.2 Å². The molecule has 1 rings (SSSR count). The minimum Gasteiger partial charge on any atom is -0.378 e. The van der Waals surface area contributed by atoms with Gasteiger partial charge in [-0.3, -0.25) is 4.79 Å². The van der Waals surface area contributed by atoms with Crippen LogP contribution in [0.4, 0.5) is 0 Å². The highest BCUT2D eigenvalue weighted by molar-refractivity contribution is 7.11. The molecule has 11 heavy (non-hydrogen) atoms. The Morgan fingerprint density at radius 3 is 3.09 bits per heavy atom. The molecular weight excluding hydrogens is 164 g/mol. The molecule has 2 N–H and O–H groups in total. The second kappa shape index (κ2) is 3.45. The molecule has 0 saturated heterocycles. The van der Waals surface area contributed by atoms with Crippen molar-refractivity contribution in [1.82, 2.24) is 4.98 Å². The molecule has 0 aliphatic carbocycles. The molecule has 1 amide bonds. The summed E-state index contributed by atoms with van der Waals surface area (Å²) in [5.41, 5.74) is 5.73. The average Bonchev–Trinajstić information content (AvgIpc) is 2.37. The van der Waals surface area contributed by atoms with Crippen molar-refractivity contribution in [3.8, 4) is 0 Å². The fraction of sp³-hybridized carbons (Fsp3) is 0.333.